The van der Waals surface area contributed by atoms with Crippen molar-refractivity contribution < 1.29 is 30.3 Å². The summed E-state index contributed by atoms with van der Waals surface area (Å²) in [5.74, 6) is 0. The van der Waals surface area contributed by atoms with E-state index in [1.807, 2.05) is 30.5 Å². The number of aryl methyl sites for hydroxylation is 2. The summed E-state index contributed by atoms with van der Waals surface area (Å²) in [5, 5.41) is 21.7. The molecule has 0 aliphatic rings. The van der Waals surface area contributed by atoms with E-state index in [9.17, 15) is 0 Å². The molecule has 1 heterocycles. The van der Waals surface area contributed by atoms with Gasteiger partial charge in [-0.15, -0.1) is 29.1 Å². The molecule has 0 spiro atoms. The molecule has 0 amide bonds. The first-order chi connectivity index (χ1) is 15.8. The summed E-state index contributed by atoms with van der Waals surface area (Å²) in [4.78, 5) is 9.79. The zero-order valence-corrected chi connectivity index (χ0v) is 22.2. The van der Waals surface area contributed by atoms with Crippen molar-refractivity contribution in [1.82, 2.24) is 9.97 Å². The van der Waals surface area contributed by atoms with Crippen molar-refractivity contribution in [3.05, 3.63) is 84.1 Å². The Labute approximate surface area is 214 Å². The normalized spacial score (nSPS) is 12.6. The van der Waals surface area contributed by atoms with Gasteiger partial charge in [0.05, 0.1) is 23.4 Å². The Balaban J connectivity index is 0.000000357. The molecule has 5 heteroatoms. The van der Waals surface area contributed by atoms with Crippen molar-refractivity contribution in [2.75, 3.05) is 0 Å². The van der Waals surface area contributed by atoms with Crippen molar-refractivity contribution in [3.63, 3.8) is 0 Å². The predicted octanol–water partition coefficient (Wildman–Crippen LogP) is 6.16. The van der Waals surface area contributed by atoms with E-state index in [0.717, 1.165) is 33.1 Å². The molecule has 4 nitrogen and oxygen atoms in total. The average Bonchev–Trinajstić information content (AvgIpc) is 2.79. The van der Waals surface area contributed by atoms with Gasteiger partial charge >= 0.3 is 0 Å². The molecule has 5 rings (SSSR count). The molecule has 5 aromatic rings. The van der Waals surface area contributed by atoms with Gasteiger partial charge in [0.2, 0.25) is 0 Å². The molecule has 0 saturated carbocycles. The third-order valence-electron chi connectivity index (χ3n) is 5.57. The maximum Gasteiger partial charge on any atom is 0.0873 e. The molecule has 177 valence electrons. The minimum Gasteiger partial charge on any atom is -0.393 e. The van der Waals surface area contributed by atoms with E-state index in [1.54, 1.807) is 13.8 Å². The fourth-order valence-corrected chi connectivity index (χ4v) is 4.10. The molecule has 0 fully saturated rings. The van der Waals surface area contributed by atoms with Crippen LogP contribution in [0.5, 0.6) is 0 Å². The van der Waals surface area contributed by atoms with E-state index < -0.39 is 0 Å². The van der Waals surface area contributed by atoms with Crippen LogP contribution in [-0.2, 0) is 20.1 Å². The van der Waals surface area contributed by atoms with Gasteiger partial charge in [0.25, 0.3) is 0 Å². The number of nitrogens with zero attached hydrogens (tertiary/aromatic N) is 2. The van der Waals surface area contributed by atoms with E-state index in [4.69, 9.17) is 20.2 Å². The Hall–Kier alpha value is -2.69. The molecule has 34 heavy (non-hydrogen) atoms. The predicted molar refractivity (Wildman–Crippen MR) is 136 cm³/mol. The van der Waals surface area contributed by atoms with Crippen LogP contribution in [-0.4, -0.2) is 32.4 Å². The smallest absolute Gasteiger partial charge is 0.0873 e. The molecule has 2 atom stereocenters. The van der Waals surface area contributed by atoms with Crippen LogP contribution in [0.2, 0.25) is 0 Å². The second-order valence-electron chi connectivity index (χ2n) is 8.77. The molecule has 1 aromatic heterocycles. The van der Waals surface area contributed by atoms with Gasteiger partial charge in [0.15, 0.2) is 0 Å². The van der Waals surface area contributed by atoms with Crippen molar-refractivity contribution >= 4 is 32.6 Å². The molecular weight excluding hydrogens is 601 g/mol. The third kappa shape index (κ3) is 5.68. The zero-order valence-electron chi connectivity index (χ0n) is 19.8. The number of aliphatic hydroxyl groups is 2. The molecule has 0 aliphatic heterocycles. The van der Waals surface area contributed by atoms with Gasteiger partial charge in [0, 0.05) is 37.4 Å². The van der Waals surface area contributed by atoms with Crippen LogP contribution >= 0.6 is 0 Å². The quantitative estimate of drug-likeness (QED) is 0.186. The van der Waals surface area contributed by atoms with Crippen LogP contribution in [0.25, 0.3) is 43.8 Å². The molecule has 2 N–H and O–H groups in total. The summed E-state index contributed by atoms with van der Waals surface area (Å²) in [6.07, 6.45) is 1.59. The molecule has 4 aromatic carbocycles. The second-order valence-corrected chi connectivity index (χ2v) is 8.77. The van der Waals surface area contributed by atoms with Crippen LogP contribution < -0.4 is 0 Å². The number of benzene rings is 4. The fourth-order valence-electron chi connectivity index (χ4n) is 4.10. The van der Waals surface area contributed by atoms with Gasteiger partial charge in [-0.3, -0.25) is 4.98 Å². The molecule has 0 saturated heterocycles. The van der Waals surface area contributed by atoms with Crippen molar-refractivity contribution in [1.29, 1.82) is 0 Å². The topological polar surface area (TPSA) is 66.2 Å². The minimum absolute atomic E-state index is 0. The molecule has 2 unspecified atom stereocenters. The van der Waals surface area contributed by atoms with Gasteiger partial charge < -0.3 is 15.2 Å². The van der Waals surface area contributed by atoms with Crippen molar-refractivity contribution in [3.8, 4) is 11.3 Å². The number of hydrogen-bond donors (Lipinski definition) is 2. The van der Waals surface area contributed by atoms with E-state index in [-0.39, 0.29) is 32.3 Å². The number of aromatic nitrogens is 2. The maximum atomic E-state index is 8.56. The molecule has 0 bridgehead atoms. The monoisotopic (exact) mass is 630 g/mol. The first-order valence-corrected chi connectivity index (χ1v) is 11.3. The zero-order chi connectivity index (χ0) is 23.5. The Bertz CT molecular complexity index is 1410. The molecule has 1 radical (unpaired) electrons. The first-order valence-electron chi connectivity index (χ1n) is 11.3. The summed E-state index contributed by atoms with van der Waals surface area (Å²) in [6.45, 7) is 7.55. The van der Waals surface area contributed by atoms with E-state index in [1.165, 1.54) is 21.9 Å². The van der Waals surface area contributed by atoms with E-state index in [2.05, 4.69) is 56.3 Å². The van der Waals surface area contributed by atoms with Crippen LogP contribution in [0.4, 0.5) is 0 Å². The Morgan fingerprint density at radius 3 is 2.15 bits per heavy atom. The van der Waals surface area contributed by atoms with Crippen LogP contribution in [0.3, 0.4) is 0 Å². The summed E-state index contributed by atoms with van der Waals surface area (Å²) in [7, 11) is 0. The van der Waals surface area contributed by atoms with Gasteiger partial charge in [-0.05, 0) is 32.6 Å². The van der Waals surface area contributed by atoms with Gasteiger partial charge in [-0.1, -0.05) is 71.8 Å². The first kappa shape index (κ1) is 25.9. The van der Waals surface area contributed by atoms with E-state index in [0.29, 0.717) is 6.42 Å². The molecule has 0 aliphatic carbocycles. The van der Waals surface area contributed by atoms with Crippen molar-refractivity contribution in [2.45, 2.75) is 46.3 Å². The second kappa shape index (κ2) is 11.2. The summed E-state index contributed by atoms with van der Waals surface area (Å²) < 4.78 is 0. The van der Waals surface area contributed by atoms with Crippen LogP contribution in [0, 0.1) is 19.9 Å². The standard InChI is InChI=1S/C24H17N2.C5H12O2.Ir/c1-15-8-10-18-20(12-15)21-13-16(2)9-11-19(21)24-23(18)25-14-22(26-24)17-6-4-3-5-7-17;1-4(6)3-5(2)7;/h3-9,11-14H,1-2H3;4-7H,3H2,1-2H3;/q-1;;. The van der Waals surface area contributed by atoms with Gasteiger partial charge in [-0.2, -0.15) is 0 Å². The number of aliphatic hydroxyl groups excluding tert-OH is 2. The summed E-state index contributed by atoms with van der Waals surface area (Å²) in [5.41, 5.74) is 6.27. The van der Waals surface area contributed by atoms with Gasteiger partial charge in [0.1, 0.15) is 0 Å². The number of rotatable bonds is 3. The fraction of sp³-hybridized carbons (Fsp3) is 0.241. The SMILES string of the molecule is CC(O)CC(C)O.Cc1c[c-]c2c(c1)c1cc(C)ccc1c1nc(-c3ccccc3)cnc21.[Ir]. The summed E-state index contributed by atoms with van der Waals surface area (Å²) in [6, 6.07) is 24.4. The Morgan fingerprint density at radius 2 is 1.50 bits per heavy atom. The minimum atomic E-state index is -0.375. The maximum absolute atomic E-state index is 8.56. The third-order valence-corrected chi connectivity index (χ3v) is 5.57. The largest absolute Gasteiger partial charge is 0.393 e. The Morgan fingerprint density at radius 1 is 0.824 bits per heavy atom. The number of fused-ring (bicyclic) bond motifs is 6. The summed E-state index contributed by atoms with van der Waals surface area (Å²) >= 11 is 0. The Kier molecular flexibility index (Phi) is 8.51. The number of hydrogen-bond acceptors (Lipinski definition) is 4. The van der Waals surface area contributed by atoms with Crippen LogP contribution in [0.15, 0.2) is 66.9 Å². The van der Waals surface area contributed by atoms with Crippen molar-refractivity contribution in [2.24, 2.45) is 0 Å². The van der Waals surface area contributed by atoms with Crippen LogP contribution in [0.1, 0.15) is 31.4 Å². The molecular formula is C29H29IrN2O2-. The van der Waals surface area contributed by atoms with Gasteiger partial charge in [-0.25, -0.2) is 0 Å². The average molecular weight is 630 g/mol. The van der Waals surface area contributed by atoms with E-state index >= 15 is 0 Å².